The number of nitrogens with zero attached hydrogens (tertiary/aromatic N) is 4. The standard InChI is InChI=1S/C24H32N4O4S/c1-17(2)26-8-6-20(7-9-26)32-21-4-5-22-19(14-21)15-23(28(22)18(3)16-25)24(29)27-10-12-33(30,31)13-11-27/h4-5,14-15,17-18,20H,6-13H2,1-3H3/t18-/m0/s1. The molecule has 1 amide bonds. The maximum Gasteiger partial charge on any atom is 0.270 e. The number of carbonyl (C=O) groups is 1. The van der Waals surface area contributed by atoms with E-state index in [4.69, 9.17) is 4.74 Å². The van der Waals surface area contributed by atoms with E-state index in [1.165, 1.54) is 0 Å². The molecule has 4 rings (SSSR count). The fourth-order valence-electron chi connectivity index (χ4n) is 4.71. The first-order valence-corrected chi connectivity index (χ1v) is 13.5. The fourth-order valence-corrected chi connectivity index (χ4v) is 5.91. The van der Waals surface area contributed by atoms with Gasteiger partial charge in [-0.2, -0.15) is 5.26 Å². The monoisotopic (exact) mass is 472 g/mol. The minimum absolute atomic E-state index is 0.0274. The summed E-state index contributed by atoms with van der Waals surface area (Å²) < 4.78 is 31.5. The lowest BCUT2D eigenvalue weighted by Crippen LogP contribution is -2.44. The molecule has 1 atom stereocenters. The van der Waals surface area contributed by atoms with E-state index in [1.807, 2.05) is 18.2 Å². The molecule has 0 N–H and O–H groups in total. The molecule has 0 unspecified atom stereocenters. The number of carbonyl (C=O) groups excluding carboxylic acids is 1. The molecule has 0 saturated carbocycles. The molecule has 33 heavy (non-hydrogen) atoms. The summed E-state index contributed by atoms with van der Waals surface area (Å²) in [4.78, 5) is 17.3. The second kappa shape index (κ2) is 9.35. The van der Waals surface area contributed by atoms with E-state index >= 15 is 0 Å². The number of hydrogen-bond acceptors (Lipinski definition) is 6. The summed E-state index contributed by atoms with van der Waals surface area (Å²) in [6.45, 7) is 8.56. The summed E-state index contributed by atoms with van der Waals surface area (Å²) in [6.07, 6.45) is 2.11. The number of ether oxygens (including phenoxy) is 1. The van der Waals surface area contributed by atoms with E-state index in [0.717, 1.165) is 42.6 Å². The van der Waals surface area contributed by atoms with Gasteiger partial charge in [0.1, 0.15) is 23.6 Å². The Morgan fingerprint density at radius 2 is 1.76 bits per heavy atom. The molecule has 2 aromatic rings. The molecule has 9 heteroatoms. The first kappa shape index (κ1) is 23.6. The van der Waals surface area contributed by atoms with Crippen LogP contribution in [0.4, 0.5) is 0 Å². The summed E-state index contributed by atoms with van der Waals surface area (Å²) in [7, 11) is -3.09. The molecule has 1 aromatic carbocycles. The van der Waals surface area contributed by atoms with Crippen LogP contribution >= 0.6 is 0 Å². The SMILES string of the molecule is CC(C)N1CCC(Oc2ccc3c(c2)cc(C(=O)N2CCS(=O)(=O)CC2)n3[C@@H](C)C#N)CC1. The Morgan fingerprint density at radius 3 is 2.36 bits per heavy atom. The number of piperidine rings is 1. The topological polar surface area (TPSA) is 95.6 Å². The van der Waals surface area contributed by atoms with Gasteiger partial charge in [0.05, 0.1) is 23.1 Å². The van der Waals surface area contributed by atoms with Crippen molar-refractivity contribution in [3.63, 3.8) is 0 Å². The van der Waals surface area contributed by atoms with Crippen molar-refractivity contribution in [2.24, 2.45) is 0 Å². The Labute approximate surface area is 195 Å². The third-order valence-electron chi connectivity index (χ3n) is 6.74. The zero-order valence-corrected chi connectivity index (χ0v) is 20.3. The van der Waals surface area contributed by atoms with Crippen LogP contribution in [0.2, 0.25) is 0 Å². The van der Waals surface area contributed by atoms with Gasteiger partial charge < -0.3 is 19.1 Å². The van der Waals surface area contributed by atoms with Gasteiger partial charge >= 0.3 is 0 Å². The van der Waals surface area contributed by atoms with Gasteiger partial charge in [0.25, 0.3) is 5.91 Å². The molecular weight excluding hydrogens is 440 g/mol. The largest absolute Gasteiger partial charge is 0.490 e. The van der Waals surface area contributed by atoms with Crippen LogP contribution in [0, 0.1) is 11.3 Å². The number of likely N-dealkylation sites (tertiary alicyclic amines) is 1. The van der Waals surface area contributed by atoms with Crippen LogP contribution in [0.25, 0.3) is 10.9 Å². The van der Waals surface area contributed by atoms with Gasteiger partial charge in [0, 0.05) is 37.6 Å². The summed E-state index contributed by atoms with van der Waals surface area (Å²) in [5.41, 5.74) is 1.19. The molecule has 2 saturated heterocycles. The average molecular weight is 473 g/mol. The van der Waals surface area contributed by atoms with Crippen LogP contribution in [0.1, 0.15) is 50.1 Å². The summed E-state index contributed by atoms with van der Waals surface area (Å²) in [5.74, 6) is 0.461. The quantitative estimate of drug-likeness (QED) is 0.664. The van der Waals surface area contributed by atoms with Crippen molar-refractivity contribution in [3.8, 4) is 11.8 Å². The predicted octanol–water partition coefficient (Wildman–Crippen LogP) is 2.85. The Balaban J connectivity index is 1.58. The Hall–Kier alpha value is -2.57. The van der Waals surface area contributed by atoms with Crippen molar-refractivity contribution in [1.82, 2.24) is 14.4 Å². The van der Waals surface area contributed by atoms with E-state index in [9.17, 15) is 18.5 Å². The highest BCUT2D eigenvalue weighted by atomic mass is 32.2. The second-order valence-corrected chi connectivity index (χ2v) is 11.6. The molecule has 0 radical (unpaired) electrons. The molecule has 2 aliphatic heterocycles. The van der Waals surface area contributed by atoms with E-state index in [-0.39, 0.29) is 36.6 Å². The minimum atomic E-state index is -3.09. The molecule has 3 heterocycles. The lowest BCUT2D eigenvalue weighted by molar-refractivity contribution is 0.0759. The van der Waals surface area contributed by atoms with E-state index < -0.39 is 15.9 Å². The molecule has 2 aliphatic rings. The molecule has 8 nitrogen and oxygen atoms in total. The normalized spacial score (nSPS) is 20.6. The first-order valence-electron chi connectivity index (χ1n) is 11.6. The number of benzene rings is 1. The van der Waals surface area contributed by atoms with Crippen molar-refractivity contribution in [3.05, 3.63) is 30.0 Å². The number of hydrogen-bond donors (Lipinski definition) is 0. The van der Waals surface area contributed by atoms with Gasteiger partial charge in [-0.15, -0.1) is 0 Å². The van der Waals surface area contributed by atoms with E-state index in [2.05, 4.69) is 24.8 Å². The number of rotatable bonds is 5. The number of nitriles is 1. The fraction of sp³-hybridized carbons (Fsp3) is 0.583. The highest BCUT2D eigenvalue weighted by molar-refractivity contribution is 7.91. The van der Waals surface area contributed by atoms with Gasteiger partial charge in [-0.25, -0.2) is 8.42 Å². The number of sulfone groups is 1. The smallest absolute Gasteiger partial charge is 0.270 e. The van der Waals surface area contributed by atoms with Gasteiger partial charge in [-0.05, 0) is 57.9 Å². The molecule has 0 spiro atoms. The maximum atomic E-state index is 13.3. The van der Waals surface area contributed by atoms with Crippen LogP contribution in [0.15, 0.2) is 24.3 Å². The van der Waals surface area contributed by atoms with Crippen LogP contribution < -0.4 is 4.74 Å². The number of aromatic nitrogens is 1. The van der Waals surface area contributed by atoms with Gasteiger partial charge in [-0.3, -0.25) is 4.79 Å². The van der Waals surface area contributed by atoms with Crippen LogP contribution in [0.5, 0.6) is 5.75 Å². The molecular formula is C24H32N4O4S. The first-order chi connectivity index (χ1) is 15.7. The number of amides is 1. The lowest BCUT2D eigenvalue weighted by Gasteiger charge is -2.34. The Kier molecular flexibility index (Phi) is 6.68. The second-order valence-electron chi connectivity index (χ2n) is 9.32. The van der Waals surface area contributed by atoms with Crippen LogP contribution in [-0.4, -0.2) is 78.5 Å². The van der Waals surface area contributed by atoms with Crippen molar-refractivity contribution < 1.29 is 17.9 Å². The van der Waals surface area contributed by atoms with Crippen molar-refractivity contribution in [2.45, 2.75) is 51.8 Å². The molecule has 0 bridgehead atoms. The Bertz CT molecular complexity index is 1160. The highest BCUT2D eigenvalue weighted by Gasteiger charge is 2.29. The highest BCUT2D eigenvalue weighted by Crippen LogP contribution is 2.30. The zero-order valence-electron chi connectivity index (χ0n) is 19.5. The molecule has 1 aromatic heterocycles. The molecule has 2 fully saturated rings. The number of fused-ring (bicyclic) bond motifs is 1. The maximum absolute atomic E-state index is 13.3. The molecule has 178 valence electrons. The van der Waals surface area contributed by atoms with Crippen molar-refractivity contribution >= 4 is 26.6 Å². The van der Waals surface area contributed by atoms with Crippen LogP contribution in [-0.2, 0) is 9.84 Å². The van der Waals surface area contributed by atoms with Gasteiger partial charge in [0.2, 0.25) is 0 Å². The minimum Gasteiger partial charge on any atom is -0.490 e. The Morgan fingerprint density at radius 1 is 1.09 bits per heavy atom. The summed E-state index contributed by atoms with van der Waals surface area (Å²) in [6, 6.07) is 9.76. The third-order valence-corrected chi connectivity index (χ3v) is 8.35. The zero-order chi connectivity index (χ0) is 23.8. The van der Waals surface area contributed by atoms with E-state index in [0.29, 0.717) is 11.7 Å². The van der Waals surface area contributed by atoms with Gasteiger partial charge in [0.15, 0.2) is 9.84 Å². The van der Waals surface area contributed by atoms with Crippen LogP contribution in [0.3, 0.4) is 0 Å². The lowest BCUT2D eigenvalue weighted by atomic mass is 10.1. The summed E-state index contributed by atoms with van der Waals surface area (Å²) >= 11 is 0. The third kappa shape index (κ3) is 5.02. The molecule has 0 aliphatic carbocycles. The van der Waals surface area contributed by atoms with Crippen molar-refractivity contribution in [2.75, 3.05) is 37.7 Å². The average Bonchev–Trinajstić information content (AvgIpc) is 3.17. The predicted molar refractivity (Wildman–Crippen MR) is 127 cm³/mol. The summed E-state index contributed by atoms with van der Waals surface area (Å²) in [5, 5.41) is 10.4. The van der Waals surface area contributed by atoms with Gasteiger partial charge in [-0.1, -0.05) is 0 Å². The van der Waals surface area contributed by atoms with E-state index in [1.54, 1.807) is 22.5 Å². The van der Waals surface area contributed by atoms with Crippen molar-refractivity contribution in [1.29, 1.82) is 5.26 Å².